The van der Waals surface area contributed by atoms with Gasteiger partial charge < -0.3 is 14.7 Å². The minimum absolute atomic E-state index is 0.0117. The summed E-state index contributed by atoms with van der Waals surface area (Å²) in [5, 5.41) is 8.77. The van der Waals surface area contributed by atoms with Crippen LogP contribution in [0, 0.1) is 11.6 Å². The summed E-state index contributed by atoms with van der Waals surface area (Å²) in [5.41, 5.74) is 1.03. The molecule has 0 radical (unpaired) electrons. The molecule has 156 valence electrons. The average molecular weight is 405 g/mol. The van der Waals surface area contributed by atoms with Crippen molar-refractivity contribution in [3.63, 3.8) is 0 Å². The first-order valence-corrected chi connectivity index (χ1v) is 9.50. The van der Waals surface area contributed by atoms with E-state index in [1.54, 1.807) is 0 Å². The summed E-state index contributed by atoms with van der Waals surface area (Å²) in [6.07, 6.45) is 2.35. The Hall–Kier alpha value is -2.96. The lowest BCUT2D eigenvalue weighted by Crippen LogP contribution is -2.33. The van der Waals surface area contributed by atoms with E-state index in [1.165, 1.54) is 4.90 Å². The van der Waals surface area contributed by atoms with E-state index >= 15 is 0 Å². The highest BCUT2D eigenvalue weighted by Crippen LogP contribution is 2.23. The Balaban J connectivity index is 2.07. The van der Waals surface area contributed by atoms with E-state index in [1.807, 2.05) is 30.3 Å². The Kier molecular flexibility index (Phi) is 8.58. The van der Waals surface area contributed by atoms with Gasteiger partial charge in [0.05, 0.1) is 7.11 Å². The molecule has 0 saturated heterocycles. The van der Waals surface area contributed by atoms with Gasteiger partial charge >= 0.3 is 5.97 Å². The van der Waals surface area contributed by atoms with Crippen LogP contribution in [-0.2, 0) is 11.2 Å². The lowest BCUT2D eigenvalue weighted by Gasteiger charge is -2.23. The second-order valence-corrected chi connectivity index (χ2v) is 6.71. The topological polar surface area (TPSA) is 66.8 Å². The van der Waals surface area contributed by atoms with Gasteiger partial charge in [0.15, 0.2) is 17.4 Å². The lowest BCUT2D eigenvalue weighted by molar-refractivity contribution is -0.137. The Labute approximate surface area is 168 Å². The molecule has 0 aliphatic heterocycles. The highest BCUT2D eigenvalue weighted by atomic mass is 19.1. The van der Waals surface area contributed by atoms with Crippen molar-refractivity contribution in [2.75, 3.05) is 20.2 Å². The molecule has 0 atom stereocenters. The Morgan fingerprint density at radius 3 is 2.21 bits per heavy atom. The molecule has 2 aromatic carbocycles. The number of methoxy groups -OCH3 is 1. The van der Waals surface area contributed by atoms with E-state index in [9.17, 15) is 18.4 Å². The van der Waals surface area contributed by atoms with Crippen LogP contribution in [0.1, 0.15) is 41.6 Å². The zero-order chi connectivity index (χ0) is 21.2. The van der Waals surface area contributed by atoms with Gasteiger partial charge in [0.1, 0.15) is 0 Å². The molecule has 0 aliphatic rings. The second kappa shape index (κ2) is 11.1. The van der Waals surface area contributed by atoms with Crippen molar-refractivity contribution in [3.8, 4) is 5.75 Å². The number of hydrogen-bond donors (Lipinski definition) is 1. The number of aliphatic carboxylic acids is 1. The molecule has 0 unspecified atom stereocenters. The number of rotatable bonds is 11. The molecule has 2 rings (SSSR count). The molecule has 5 nitrogen and oxygen atoms in total. The number of carbonyl (C=O) groups is 2. The van der Waals surface area contributed by atoms with Gasteiger partial charge in [-0.15, -0.1) is 0 Å². The van der Waals surface area contributed by atoms with Crippen molar-refractivity contribution < 1.29 is 28.2 Å². The predicted molar refractivity (Wildman–Crippen MR) is 105 cm³/mol. The maximum Gasteiger partial charge on any atom is 0.303 e. The highest BCUT2D eigenvalue weighted by molar-refractivity contribution is 5.94. The third-order valence-corrected chi connectivity index (χ3v) is 4.54. The summed E-state index contributed by atoms with van der Waals surface area (Å²) in [6, 6.07) is 11.7. The quantitative estimate of drug-likeness (QED) is 0.566. The van der Waals surface area contributed by atoms with E-state index in [0.717, 1.165) is 31.2 Å². The van der Waals surface area contributed by atoms with Crippen LogP contribution in [-0.4, -0.2) is 42.1 Å². The molecular formula is C22H25F2NO4. The number of nitrogens with zero attached hydrogens (tertiary/aromatic N) is 1. The molecule has 0 spiro atoms. The monoisotopic (exact) mass is 405 g/mol. The van der Waals surface area contributed by atoms with Crippen LogP contribution in [0.15, 0.2) is 42.5 Å². The van der Waals surface area contributed by atoms with Gasteiger partial charge in [0.25, 0.3) is 5.91 Å². The molecule has 2 aromatic rings. The van der Waals surface area contributed by atoms with Gasteiger partial charge in [-0.3, -0.25) is 9.59 Å². The fraction of sp³-hybridized carbons (Fsp3) is 0.364. The predicted octanol–water partition coefficient (Wildman–Crippen LogP) is 4.30. The first-order chi connectivity index (χ1) is 13.9. The van der Waals surface area contributed by atoms with Crippen LogP contribution < -0.4 is 4.74 Å². The van der Waals surface area contributed by atoms with Gasteiger partial charge in [0.2, 0.25) is 0 Å². The summed E-state index contributed by atoms with van der Waals surface area (Å²) >= 11 is 0. The van der Waals surface area contributed by atoms with Crippen molar-refractivity contribution in [3.05, 3.63) is 65.2 Å². The number of aryl methyl sites for hydroxylation is 1. The van der Waals surface area contributed by atoms with Gasteiger partial charge in [-0.1, -0.05) is 30.3 Å². The number of benzene rings is 2. The number of hydrogen-bond acceptors (Lipinski definition) is 3. The minimum atomic E-state index is -0.939. The number of carboxylic acids is 1. The molecule has 1 N–H and O–H groups in total. The third kappa shape index (κ3) is 6.85. The van der Waals surface area contributed by atoms with E-state index in [0.29, 0.717) is 32.4 Å². The summed E-state index contributed by atoms with van der Waals surface area (Å²) in [7, 11) is 1.15. The number of unbranched alkanes of at least 4 members (excludes halogenated alkanes) is 1. The van der Waals surface area contributed by atoms with E-state index in [4.69, 9.17) is 5.11 Å². The van der Waals surface area contributed by atoms with Crippen LogP contribution in [0.5, 0.6) is 5.75 Å². The standard InChI is InChI=1S/C22H25F2NO4/c1-29-21-18(23)14-17(15-19(21)24)22(28)25(12-6-5-11-20(26)27)13-7-10-16-8-3-2-4-9-16/h2-4,8-9,14-15H,5-7,10-13H2,1H3,(H,26,27). The van der Waals surface area contributed by atoms with Crippen LogP contribution in [0.2, 0.25) is 0 Å². The normalized spacial score (nSPS) is 10.6. The van der Waals surface area contributed by atoms with Crippen molar-refractivity contribution in [1.29, 1.82) is 0 Å². The Morgan fingerprint density at radius 1 is 1.00 bits per heavy atom. The number of ether oxygens (including phenoxy) is 1. The molecule has 0 bridgehead atoms. The van der Waals surface area contributed by atoms with Crippen LogP contribution in [0.25, 0.3) is 0 Å². The molecule has 0 aromatic heterocycles. The first kappa shape index (κ1) is 22.3. The first-order valence-electron chi connectivity index (χ1n) is 9.50. The zero-order valence-corrected chi connectivity index (χ0v) is 16.4. The minimum Gasteiger partial charge on any atom is -0.491 e. The fourth-order valence-electron chi connectivity index (χ4n) is 3.07. The maximum atomic E-state index is 14.0. The Morgan fingerprint density at radius 2 is 1.62 bits per heavy atom. The number of carboxylic acid groups (broad SMARTS) is 1. The molecule has 1 amide bonds. The number of carbonyl (C=O) groups excluding carboxylic acids is 1. The van der Waals surface area contributed by atoms with Crippen molar-refractivity contribution in [2.24, 2.45) is 0 Å². The highest BCUT2D eigenvalue weighted by Gasteiger charge is 2.20. The third-order valence-electron chi connectivity index (χ3n) is 4.54. The van der Waals surface area contributed by atoms with Gasteiger partial charge in [0, 0.05) is 25.1 Å². The van der Waals surface area contributed by atoms with Gasteiger partial charge in [-0.2, -0.15) is 0 Å². The lowest BCUT2D eigenvalue weighted by atomic mass is 10.1. The molecule has 0 saturated carbocycles. The molecule has 7 heteroatoms. The smallest absolute Gasteiger partial charge is 0.303 e. The van der Waals surface area contributed by atoms with Crippen LogP contribution in [0.4, 0.5) is 8.78 Å². The number of halogens is 2. The van der Waals surface area contributed by atoms with Crippen molar-refractivity contribution in [1.82, 2.24) is 4.90 Å². The summed E-state index contributed by atoms with van der Waals surface area (Å²) in [5.74, 6) is -3.80. The summed E-state index contributed by atoms with van der Waals surface area (Å²) in [4.78, 5) is 25.1. The summed E-state index contributed by atoms with van der Waals surface area (Å²) in [6.45, 7) is 0.715. The zero-order valence-electron chi connectivity index (χ0n) is 16.4. The Bertz CT molecular complexity index is 804. The molecule has 0 fully saturated rings. The SMILES string of the molecule is COc1c(F)cc(C(=O)N(CCCCC(=O)O)CCCc2ccccc2)cc1F. The molecule has 29 heavy (non-hydrogen) atoms. The van der Waals surface area contributed by atoms with E-state index < -0.39 is 29.3 Å². The largest absolute Gasteiger partial charge is 0.491 e. The molecule has 0 aliphatic carbocycles. The maximum absolute atomic E-state index is 14.0. The second-order valence-electron chi connectivity index (χ2n) is 6.71. The van der Waals surface area contributed by atoms with E-state index in [-0.39, 0.29) is 12.0 Å². The van der Waals surface area contributed by atoms with Crippen molar-refractivity contribution >= 4 is 11.9 Å². The van der Waals surface area contributed by atoms with Crippen LogP contribution in [0.3, 0.4) is 0 Å². The summed E-state index contributed by atoms with van der Waals surface area (Å²) < 4.78 is 32.7. The number of amides is 1. The molecular weight excluding hydrogens is 380 g/mol. The molecule has 0 heterocycles. The van der Waals surface area contributed by atoms with Crippen LogP contribution >= 0.6 is 0 Å². The fourth-order valence-corrected chi connectivity index (χ4v) is 3.07. The van der Waals surface area contributed by atoms with E-state index in [2.05, 4.69) is 4.74 Å². The van der Waals surface area contributed by atoms with Crippen molar-refractivity contribution in [2.45, 2.75) is 32.1 Å². The van der Waals surface area contributed by atoms with Gasteiger partial charge in [-0.25, -0.2) is 8.78 Å². The van der Waals surface area contributed by atoms with Gasteiger partial charge in [-0.05, 0) is 43.4 Å². The average Bonchev–Trinajstić information content (AvgIpc) is 2.69.